The van der Waals surface area contributed by atoms with Crippen LogP contribution in [0.3, 0.4) is 0 Å². The van der Waals surface area contributed by atoms with Crippen LogP contribution in [0.4, 0.5) is 0 Å². The molecule has 1 N–H and O–H groups in total. The van der Waals surface area contributed by atoms with E-state index in [9.17, 15) is 0 Å². The van der Waals surface area contributed by atoms with Gasteiger partial charge in [0.05, 0.1) is 6.04 Å². The van der Waals surface area contributed by atoms with Crippen LogP contribution in [0.15, 0.2) is 6.33 Å². The van der Waals surface area contributed by atoms with Gasteiger partial charge < -0.3 is 9.88 Å². The largest absolute Gasteiger partial charge is 0.306 e. The van der Waals surface area contributed by atoms with Gasteiger partial charge in [-0.3, -0.25) is 0 Å². The van der Waals surface area contributed by atoms with Crippen molar-refractivity contribution in [2.24, 2.45) is 0 Å². The molecule has 2 aromatic heterocycles. The Morgan fingerprint density at radius 1 is 1.53 bits per heavy atom. The Bertz CT molecular complexity index is 461. The van der Waals surface area contributed by atoms with Crippen molar-refractivity contribution in [1.29, 1.82) is 0 Å². The summed E-state index contributed by atoms with van der Waals surface area (Å²) in [4.78, 5) is 4.16. The second-order valence-electron chi connectivity index (χ2n) is 3.46. The van der Waals surface area contributed by atoms with Gasteiger partial charge in [-0.2, -0.15) is 4.37 Å². The Kier molecular flexibility index (Phi) is 2.00. The number of nitrogens with one attached hydrogen (secondary N) is 1. The molecule has 3 rings (SSSR count). The molecule has 1 aliphatic heterocycles. The molecule has 1 aliphatic rings. The van der Waals surface area contributed by atoms with Gasteiger partial charge in [-0.1, -0.05) is 0 Å². The molecule has 3 heterocycles. The summed E-state index contributed by atoms with van der Waals surface area (Å²) in [5, 5.41) is 12.5. The van der Waals surface area contributed by atoms with Gasteiger partial charge in [0.2, 0.25) is 0 Å². The summed E-state index contributed by atoms with van der Waals surface area (Å²) in [5.41, 5.74) is 0. The highest BCUT2D eigenvalue weighted by Gasteiger charge is 2.23. The van der Waals surface area contributed by atoms with Crippen LogP contribution in [0.2, 0.25) is 0 Å². The fraction of sp³-hybridized carbons (Fsp3) is 0.500. The maximum atomic E-state index is 4.18. The van der Waals surface area contributed by atoms with E-state index in [0.29, 0.717) is 0 Å². The van der Waals surface area contributed by atoms with Crippen LogP contribution in [0.5, 0.6) is 0 Å². The maximum absolute atomic E-state index is 4.18. The molecule has 15 heavy (non-hydrogen) atoms. The molecule has 0 saturated carbocycles. The van der Waals surface area contributed by atoms with Crippen LogP contribution in [-0.4, -0.2) is 30.7 Å². The first-order valence-corrected chi connectivity index (χ1v) is 5.57. The summed E-state index contributed by atoms with van der Waals surface area (Å²) in [7, 11) is 0. The van der Waals surface area contributed by atoms with Crippen molar-refractivity contribution >= 4 is 11.5 Å². The molecule has 0 saturated heterocycles. The van der Waals surface area contributed by atoms with Gasteiger partial charge in [-0.05, 0) is 18.5 Å². The van der Waals surface area contributed by atoms with Gasteiger partial charge in [0.1, 0.15) is 12.2 Å². The number of nitrogens with zero attached hydrogens (tertiary/aromatic N) is 5. The molecular weight excluding hydrogens is 212 g/mol. The molecule has 0 amide bonds. The zero-order chi connectivity index (χ0) is 10.3. The molecule has 2 aromatic rings. The van der Waals surface area contributed by atoms with Gasteiger partial charge in [0.15, 0.2) is 10.8 Å². The summed E-state index contributed by atoms with van der Waals surface area (Å²) < 4.78 is 6.09. The Hall–Kier alpha value is -1.34. The summed E-state index contributed by atoms with van der Waals surface area (Å²) in [6, 6.07) is 0.257. The summed E-state index contributed by atoms with van der Waals surface area (Å²) in [6.45, 7) is 3.92. The normalized spacial score (nSPS) is 20.2. The Balaban J connectivity index is 2.11. The third-order valence-electron chi connectivity index (χ3n) is 2.51. The van der Waals surface area contributed by atoms with Crippen LogP contribution >= 0.6 is 11.5 Å². The molecule has 0 fully saturated rings. The zero-order valence-electron chi connectivity index (χ0n) is 8.21. The van der Waals surface area contributed by atoms with E-state index in [1.807, 2.05) is 0 Å². The summed E-state index contributed by atoms with van der Waals surface area (Å²) in [6.07, 6.45) is 1.55. The van der Waals surface area contributed by atoms with Crippen LogP contribution in [0.1, 0.15) is 18.8 Å². The van der Waals surface area contributed by atoms with Crippen molar-refractivity contribution in [3.63, 3.8) is 0 Å². The van der Waals surface area contributed by atoms with Gasteiger partial charge in [0, 0.05) is 13.1 Å². The minimum Gasteiger partial charge on any atom is -0.306 e. The molecule has 0 spiro atoms. The Morgan fingerprint density at radius 3 is 3.27 bits per heavy atom. The van der Waals surface area contributed by atoms with E-state index in [2.05, 4.69) is 36.4 Å². The van der Waals surface area contributed by atoms with Crippen molar-refractivity contribution in [3.05, 3.63) is 12.2 Å². The van der Waals surface area contributed by atoms with Crippen LogP contribution in [-0.2, 0) is 6.54 Å². The van der Waals surface area contributed by atoms with Crippen LogP contribution < -0.4 is 5.32 Å². The van der Waals surface area contributed by atoms with Crippen molar-refractivity contribution in [1.82, 2.24) is 29.4 Å². The molecule has 6 nitrogen and oxygen atoms in total. The van der Waals surface area contributed by atoms with Crippen molar-refractivity contribution in [2.45, 2.75) is 19.5 Å². The lowest BCUT2D eigenvalue weighted by molar-refractivity contribution is 0.439. The van der Waals surface area contributed by atoms with Crippen molar-refractivity contribution in [2.75, 3.05) is 6.54 Å². The Labute approximate surface area is 90.5 Å². The van der Waals surface area contributed by atoms with E-state index in [0.717, 1.165) is 29.7 Å². The number of rotatable bonds is 1. The first-order chi connectivity index (χ1) is 7.36. The summed E-state index contributed by atoms with van der Waals surface area (Å²) in [5.74, 6) is 1.81. The average Bonchev–Trinajstić information content (AvgIpc) is 2.85. The van der Waals surface area contributed by atoms with Crippen molar-refractivity contribution < 1.29 is 0 Å². The fourth-order valence-electron chi connectivity index (χ4n) is 1.77. The van der Waals surface area contributed by atoms with E-state index in [4.69, 9.17) is 0 Å². The predicted molar refractivity (Wildman–Crippen MR) is 55.3 cm³/mol. The lowest BCUT2D eigenvalue weighted by Gasteiger charge is -2.21. The fourth-order valence-corrected chi connectivity index (χ4v) is 2.29. The average molecular weight is 222 g/mol. The third kappa shape index (κ3) is 1.35. The van der Waals surface area contributed by atoms with Crippen LogP contribution in [0.25, 0.3) is 10.8 Å². The van der Waals surface area contributed by atoms with Gasteiger partial charge >= 0.3 is 0 Å². The predicted octanol–water partition coefficient (Wildman–Crippen LogP) is 0.461. The van der Waals surface area contributed by atoms with E-state index in [1.54, 1.807) is 6.33 Å². The highest BCUT2D eigenvalue weighted by molar-refractivity contribution is 7.08. The number of hydrogen-bond donors (Lipinski definition) is 1. The van der Waals surface area contributed by atoms with Crippen LogP contribution in [0, 0.1) is 0 Å². The lowest BCUT2D eigenvalue weighted by Crippen LogP contribution is -2.32. The molecule has 1 atom stereocenters. The van der Waals surface area contributed by atoms with E-state index < -0.39 is 0 Å². The van der Waals surface area contributed by atoms with Gasteiger partial charge in [0.25, 0.3) is 0 Å². The maximum Gasteiger partial charge on any atom is 0.194 e. The topological polar surface area (TPSA) is 68.5 Å². The lowest BCUT2D eigenvalue weighted by atomic mass is 10.2. The summed E-state index contributed by atoms with van der Waals surface area (Å²) >= 11 is 1.35. The van der Waals surface area contributed by atoms with E-state index in [1.165, 1.54) is 11.5 Å². The highest BCUT2D eigenvalue weighted by Crippen LogP contribution is 2.23. The molecule has 0 radical (unpaired) electrons. The molecule has 7 heteroatoms. The minimum atomic E-state index is 0.257. The van der Waals surface area contributed by atoms with E-state index in [-0.39, 0.29) is 6.04 Å². The second-order valence-corrected chi connectivity index (χ2v) is 4.24. The quantitative estimate of drug-likeness (QED) is 0.759. The molecule has 0 aromatic carbocycles. The highest BCUT2D eigenvalue weighted by atomic mass is 32.1. The first kappa shape index (κ1) is 8.93. The standard InChI is InChI=1S/C8H10N6S/c1-5-6-12-13-7(8-10-4-11-15-8)14(6)3-2-9-5/h4-5,9H,2-3H2,1H3. The molecule has 0 bridgehead atoms. The molecule has 0 aliphatic carbocycles. The monoisotopic (exact) mass is 222 g/mol. The second kappa shape index (κ2) is 3.35. The number of fused-ring (bicyclic) bond motifs is 1. The van der Waals surface area contributed by atoms with Crippen molar-refractivity contribution in [3.8, 4) is 10.8 Å². The molecule has 78 valence electrons. The van der Waals surface area contributed by atoms with Gasteiger partial charge in [-0.15, -0.1) is 10.2 Å². The smallest absolute Gasteiger partial charge is 0.194 e. The first-order valence-electron chi connectivity index (χ1n) is 4.80. The third-order valence-corrected chi connectivity index (χ3v) is 3.17. The number of aromatic nitrogens is 5. The minimum absolute atomic E-state index is 0.257. The molecule has 1 unspecified atom stereocenters. The SMILES string of the molecule is CC1NCCn2c(-c3ncns3)nnc21. The van der Waals surface area contributed by atoms with E-state index >= 15 is 0 Å². The Morgan fingerprint density at radius 2 is 2.47 bits per heavy atom. The van der Waals surface area contributed by atoms with Gasteiger partial charge in [-0.25, -0.2) is 4.98 Å². The molecular formula is C8H10N6S. The number of hydrogen-bond acceptors (Lipinski definition) is 6. The zero-order valence-corrected chi connectivity index (χ0v) is 9.03.